The Kier molecular flexibility index (Phi) is 5.56. The molecule has 0 saturated carbocycles. The second kappa shape index (κ2) is 7.30. The van der Waals surface area contributed by atoms with Crippen molar-refractivity contribution < 1.29 is 27.1 Å². The number of rotatable bonds is 4. The van der Waals surface area contributed by atoms with Crippen molar-refractivity contribution in [3.05, 3.63) is 40.3 Å². The van der Waals surface area contributed by atoms with Crippen molar-refractivity contribution in [1.82, 2.24) is 15.1 Å². The van der Waals surface area contributed by atoms with Crippen LogP contribution in [0.5, 0.6) is 11.6 Å². The van der Waals surface area contributed by atoms with Crippen LogP contribution in [-0.2, 0) is 6.18 Å². The fourth-order valence-electron chi connectivity index (χ4n) is 1.93. The van der Waals surface area contributed by atoms with Crippen LogP contribution in [0.2, 0.25) is 5.02 Å². The summed E-state index contributed by atoms with van der Waals surface area (Å²) in [6.45, 7) is 3.88. The molecule has 0 aliphatic carbocycles. The fraction of sp³-hybridized carbons (Fsp3) is 0.333. The van der Waals surface area contributed by atoms with E-state index in [1.807, 2.05) is 6.92 Å². The number of hydrogen-bond acceptors (Lipinski definition) is 3. The first-order valence-electron chi connectivity index (χ1n) is 7.22. The molecule has 1 N–H and O–H groups in total. The van der Waals surface area contributed by atoms with Gasteiger partial charge in [-0.2, -0.15) is 17.9 Å². The van der Waals surface area contributed by atoms with Gasteiger partial charge in [-0.3, -0.25) is 0 Å². The lowest BCUT2D eigenvalue weighted by Gasteiger charge is -2.11. The molecule has 1 amide bonds. The summed E-state index contributed by atoms with van der Waals surface area (Å²) in [5, 5.41) is 5.88. The van der Waals surface area contributed by atoms with Crippen molar-refractivity contribution >= 4 is 17.6 Å². The number of amides is 1. The fourth-order valence-corrected chi connectivity index (χ4v) is 2.18. The molecule has 5 nitrogen and oxygen atoms in total. The van der Waals surface area contributed by atoms with E-state index in [1.54, 1.807) is 6.92 Å². The van der Waals surface area contributed by atoms with Crippen LogP contribution in [0.1, 0.15) is 24.6 Å². The van der Waals surface area contributed by atoms with Crippen molar-refractivity contribution in [3.63, 3.8) is 0 Å². The summed E-state index contributed by atoms with van der Waals surface area (Å²) in [5.41, 5.74) is -0.838. The van der Waals surface area contributed by atoms with Gasteiger partial charge in [0.25, 0.3) is 0 Å². The first kappa shape index (κ1) is 19.0. The van der Waals surface area contributed by atoms with Gasteiger partial charge in [-0.25, -0.2) is 9.18 Å². The largest absolute Gasteiger partial charge is 0.433 e. The standard InChI is InChI=1S/C15H14ClF4N3O2/c1-3-4-21-14(24)23-8(2)5-12(22-23)25-13-10(16)6-9(7-11(13)17)15(18,19)20/h5-7H,3-4H2,1-2H3,(H,21,24). The van der Waals surface area contributed by atoms with E-state index in [1.165, 1.54) is 6.07 Å². The lowest BCUT2D eigenvalue weighted by atomic mass is 10.2. The first-order valence-corrected chi connectivity index (χ1v) is 7.60. The zero-order valence-corrected chi connectivity index (χ0v) is 14.0. The van der Waals surface area contributed by atoms with E-state index < -0.39 is 34.4 Å². The highest BCUT2D eigenvalue weighted by Crippen LogP contribution is 2.38. The Balaban J connectivity index is 2.27. The van der Waals surface area contributed by atoms with Crippen LogP contribution < -0.4 is 10.1 Å². The third kappa shape index (κ3) is 4.41. The van der Waals surface area contributed by atoms with Crippen molar-refractivity contribution in [1.29, 1.82) is 0 Å². The Morgan fingerprint density at radius 3 is 2.60 bits per heavy atom. The van der Waals surface area contributed by atoms with Crippen molar-refractivity contribution in [2.45, 2.75) is 26.4 Å². The lowest BCUT2D eigenvalue weighted by Crippen LogP contribution is -2.30. The molecule has 1 heterocycles. The molecule has 136 valence electrons. The number of ether oxygens (including phenoxy) is 1. The van der Waals surface area contributed by atoms with Crippen LogP contribution in [0.25, 0.3) is 0 Å². The number of aromatic nitrogens is 2. The van der Waals surface area contributed by atoms with Gasteiger partial charge in [0, 0.05) is 12.6 Å². The Morgan fingerprint density at radius 1 is 1.36 bits per heavy atom. The van der Waals surface area contributed by atoms with E-state index in [-0.39, 0.29) is 11.9 Å². The van der Waals surface area contributed by atoms with Gasteiger partial charge < -0.3 is 10.1 Å². The third-order valence-electron chi connectivity index (χ3n) is 3.12. The van der Waals surface area contributed by atoms with Crippen LogP contribution in [0.4, 0.5) is 22.4 Å². The monoisotopic (exact) mass is 379 g/mol. The molecule has 0 aliphatic heterocycles. The summed E-state index contributed by atoms with van der Waals surface area (Å²) in [7, 11) is 0. The minimum Gasteiger partial charge on any atom is -0.433 e. The molecule has 10 heteroatoms. The Labute approximate surface area is 145 Å². The first-order chi connectivity index (χ1) is 11.6. The molecule has 2 rings (SSSR count). The smallest absolute Gasteiger partial charge is 0.416 e. The molecule has 0 fully saturated rings. The molecule has 0 spiro atoms. The number of nitrogens with zero attached hydrogens (tertiary/aromatic N) is 2. The molecular weight excluding hydrogens is 366 g/mol. The Morgan fingerprint density at radius 2 is 2.04 bits per heavy atom. The second-order valence-corrected chi connectivity index (χ2v) is 5.54. The predicted octanol–water partition coefficient (Wildman–Crippen LogP) is 4.76. The quantitative estimate of drug-likeness (QED) is 0.779. The summed E-state index contributed by atoms with van der Waals surface area (Å²) in [5.74, 6) is -2.07. The van der Waals surface area contributed by atoms with Crippen LogP contribution in [-0.4, -0.2) is 22.4 Å². The number of nitrogens with one attached hydrogen (secondary N) is 1. The number of benzene rings is 1. The summed E-state index contributed by atoms with van der Waals surface area (Å²) >= 11 is 5.69. The highest BCUT2D eigenvalue weighted by atomic mass is 35.5. The third-order valence-corrected chi connectivity index (χ3v) is 3.40. The molecule has 0 atom stereocenters. The Bertz CT molecular complexity index is 767. The molecular formula is C15H14ClF4N3O2. The van der Waals surface area contributed by atoms with E-state index in [9.17, 15) is 22.4 Å². The van der Waals surface area contributed by atoms with Crippen LogP contribution in [0, 0.1) is 12.7 Å². The Hall–Kier alpha value is -2.29. The van der Waals surface area contributed by atoms with E-state index >= 15 is 0 Å². The summed E-state index contributed by atoms with van der Waals surface area (Å²) in [4.78, 5) is 11.9. The molecule has 2 aromatic rings. The molecule has 0 saturated heterocycles. The summed E-state index contributed by atoms with van der Waals surface area (Å²) < 4.78 is 58.0. The lowest BCUT2D eigenvalue weighted by molar-refractivity contribution is -0.137. The number of carbonyl (C=O) groups is 1. The highest BCUT2D eigenvalue weighted by molar-refractivity contribution is 6.32. The normalized spacial score (nSPS) is 11.5. The summed E-state index contributed by atoms with van der Waals surface area (Å²) in [6.07, 6.45) is -4.01. The number of aryl methyl sites for hydroxylation is 1. The zero-order valence-electron chi connectivity index (χ0n) is 13.2. The maximum atomic E-state index is 13.9. The molecule has 0 bridgehead atoms. The maximum absolute atomic E-state index is 13.9. The predicted molar refractivity (Wildman–Crippen MR) is 82.5 cm³/mol. The van der Waals surface area contributed by atoms with Gasteiger partial charge in [0.2, 0.25) is 5.88 Å². The van der Waals surface area contributed by atoms with Gasteiger partial charge in [0.05, 0.1) is 16.3 Å². The number of hydrogen-bond donors (Lipinski definition) is 1. The maximum Gasteiger partial charge on any atom is 0.416 e. The zero-order chi connectivity index (χ0) is 18.8. The van der Waals surface area contributed by atoms with Crippen LogP contribution in [0.3, 0.4) is 0 Å². The van der Waals surface area contributed by atoms with Gasteiger partial charge >= 0.3 is 12.2 Å². The van der Waals surface area contributed by atoms with Crippen molar-refractivity contribution in [2.75, 3.05) is 6.54 Å². The molecule has 1 aromatic heterocycles. The minimum atomic E-state index is -4.74. The minimum absolute atomic E-state index is 0.176. The topological polar surface area (TPSA) is 56.2 Å². The van der Waals surface area contributed by atoms with Gasteiger partial charge in [-0.1, -0.05) is 18.5 Å². The van der Waals surface area contributed by atoms with E-state index in [0.717, 1.165) is 11.1 Å². The van der Waals surface area contributed by atoms with Gasteiger partial charge in [0.1, 0.15) is 0 Å². The van der Waals surface area contributed by atoms with E-state index in [2.05, 4.69) is 10.4 Å². The highest BCUT2D eigenvalue weighted by Gasteiger charge is 2.32. The van der Waals surface area contributed by atoms with Crippen LogP contribution >= 0.6 is 11.6 Å². The van der Waals surface area contributed by atoms with Gasteiger partial charge in [-0.15, -0.1) is 5.10 Å². The van der Waals surface area contributed by atoms with Crippen molar-refractivity contribution in [3.8, 4) is 11.6 Å². The van der Waals surface area contributed by atoms with E-state index in [0.29, 0.717) is 18.3 Å². The molecule has 0 radical (unpaired) electrons. The average molecular weight is 380 g/mol. The van der Waals surface area contributed by atoms with Gasteiger partial charge in [0.15, 0.2) is 11.6 Å². The van der Waals surface area contributed by atoms with E-state index in [4.69, 9.17) is 16.3 Å². The number of alkyl halides is 3. The number of carbonyl (C=O) groups excluding carboxylic acids is 1. The SMILES string of the molecule is CCCNC(=O)n1nc(Oc2c(F)cc(C(F)(F)F)cc2Cl)cc1C. The molecule has 0 unspecified atom stereocenters. The molecule has 1 aromatic carbocycles. The molecule has 0 aliphatic rings. The number of halogens is 5. The average Bonchev–Trinajstić information content (AvgIpc) is 2.88. The van der Waals surface area contributed by atoms with Crippen molar-refractivity contribution in [2.24, 2.45) is 0 Å². The van der Waals surface area contributed by atoms with Gasteiger partial charge in [-0.05, 0) is 25.5 Å². The summed E-state index contributed by atoms with van der Waals surface area (Å²) in [6, 6.07) is 1.66. The molecule has 25 heavy (non-hydrogen) atoms. The van der Waals surface area contributed by atoms with Crippen LogP contribution in [0.15, 0.2) is 18.2 Å². The second-order valence-electron chi connectivity index (χ2n) is 5.14.